The van der Waals surface area contributed by atoms with E-state index in [0.29, 0.717) is 12.0 Å². The molecule has 0 bridgehead atoms. The number of anilines is 1. The van der Waals surface area contributed by atoms with E-state index >= 15 is 0 Å². The molecule has 0 radical (unpaired) electrons. The van der Waals surface area contributed by atoms with Crippen molar-refractivity contribution in [2.45, 2.75) is 52.1 Å². The first-order valence-electron chi connectivity index (χ1n) is 6.78. The SMILES string of the molecule is CNc1nc(CC2CCCO2)nc(C)c1C(C)C. The molecule has 1 fully saturated rings. The van der Waals surface area contributed by atoms with Gasteiger partial charge in [-0.1, -0.05) is 13.8 Å². The predicted octanol–water partition coefficient (Wildman–Crippen LogP) is 2.67. The second kappa shape index (κ2) is 5.65. The minimum atomic E-state index is 0.305. The van der Waals surface area contributed by atoms with Crippen molar-refractivity contribution in [1.82, 2.24) is 9.97 Å². The number of rotatable bonds is 4. The number of nitrogens with one attached hydrogen (secondary N) is 1. The monoisotopic (exact) mass is 249 g/mol. The van der Waals surface area contributed by atoms with E-state index in [-0.39, 0.29) is 0 Å². The highest BCUT2D eigenvalue weighted by Gasteiger charge is 2.19. The molecule has 2 heterocycles. The van der Waals surface area contributed by atoms with Gasteiger partial charge in [0.15, 0.2) is 0 Å². The standard InChI is InChI=1S/C14H23N3O/c1-9(2)13-10(3)16-12(17-14(13)15-4)8-11-6-5-7-18-11/h9,11H,5-8H2,1-4H3,(H,15,16,17). The summed E-state index contributed by atoms with van der Waals surface area (Å²) in [5.74, 6) is 2.29. The molecule has 1 N–H and O–H groups in total. The second-order valence-corrected chi connectivity index (χ2v) is 5.23. The molecule has 0 saturated carbocycles. The van der Waals surface area contributed by atoms with Crippen LogP contribution in [0.5, 0.6) is 0 Å². The quantitative estimate of drug-likeness (QED) is 0.891. The maximum atomic E-state index is 5.65. The Balaban J connectivity index is 2.24. The lowest BCUT2D eigenvalue weighted by Gasteiger charge is -2.16. The molecule has 1 aromatic rings. The zero-order chi connectivity index (χ0) is 13.1. The van der Waals surface area contributed by atoms with Gasteiger partial charge in [-0.05, 0) is 25.7 Å². The van der Waals surface area contributed by atoms with Gasteiger partial charge in [0.05, 0.1) is 6.10 Å². The number of nitrogens with zero attached hydrogens (tertiary/aromatic N) is 2. The first kappa shape index (κ1) is 13.3. The Bertz CT molecular complexity index is 412. The van der Waals surface area contributed by atoms with Crippen molar-refractivity contribution in [2.75, 3.05) is 19.0 Å². The topological polar surface area (TPSA) is 47.0 Å². The van der Waals surface area contributed by atoms with Crippen LogP contribution in [0.2, 0.25) is 0 Å². The van der Waals surface area contributed by atoms with Crippen LogP contribution in [0.25, 0.3) is 0 Å². The van der Waals surface area contributed by atoms with Crippen molar-refractivity contribution < 1.29 is 4.74 Å². The van der Waals surface area contributed by atoms with E-state index in [2.05, 4.69) is 36.1 Å². The maximum Gasteiger partial charge on any atom is 0.133 e. The minimum Gasteiger partial charge on any atom is -0.378 e. The third kappa shape index (κ3) is 2.80. The molecule has 4 heteroatoms. The highest BCUT2D eigenvalue weighted by atomic mass is 16.5. The molecule has 0 aliphatic carbocycles. The van der Waals surface area contributed by atoms with Gasteiger partial charge in [0.1, 0.15) is 11.6 Å². The molecule has 0 aromatic carbocycles. The summed E-state index contributed by atoms with van der Waals surface area (Å²) in [6, 6.07) is 0. The van der Waals surface area contributed by atoms with Crippen LogP contribution in [-0.2, 0) is 11.2 Å². The van der Waals surface area contributed by atoms with E-state index in [0.717, 1.165) is 43.2 Å². The number of ether oxygens (including phenoxy) is 1. The molecule has 1 atom stereocenters. The molecular weight excluding hydrogens is 226 g/mol. The van der Waals surface area contributed by atoms with Gasteiger partial charge in [0.2, 0.25) is 0 Å². The average molecular weight is 249 g/mol. The van der Waals surface area contributed by atoms with E-state index in [1.54, 1.807) is 0 Å². The molecule has 1 aliphatic heterocycles. The lowest BCUT2D eigenvalue weighted by Crippen LogP contribution is -2.15. The highest BCUT2D eigenvalue weighted by molar-refractivity contribution is 5.47. The van der Waals surface area contributed by atoms with E-state index in [1.165, 1.54) is 5.56 Å². The van der Waals surface area contributed by atoms with E-state index in [1.807, 2.05) is 7.05 Å². The summed E-state index contributed by atoms with van der Waals surface area (Å²) < 4.78 is 5.65. The summed E-state index contributed by atoms with van der Waals surface area (Å²) in [5.41, 5.74) is 2.30. The third-order valence-corrected chi connectivity index (χ3v) is 3.43. The van der Waals surface area contributed by atoms with Crippen LogP contribution >= 0.6 is 0 Å². The largest absolute Gasteiger partial charge is 0.378 e. The summed E-state index contributed by atoms with van der Waals surface area (Å²) in [7, 11) is 1.92. The molecular formula is C14H23N3O. The van der Waals surface area contributed by atoms with Crippen molar-refractivity contribution in [3.63, 3.8) is 0 Å². The Morgan fingerprint density at radius 1 is 1.39 bits per heavy atom. The smallest absolute Gasteiger partial charge is 0.133 e. The van der Waals surface area contributed by atoms with E-state index in [9.17, 15) is 0 Å². The number of hydrogen-bond donors (Lipinski definition) is 1. The Morgan fingerprint density at radius 3 is 2.72 bits per heavy atom. The third-order valence-electron chi connectivity index (χ3n) is 3.43. The molecule has 1 aliphatic rings. The fourth-order valence-electron chi connectivity index (χ4n) is 2.62. The van der Waals surface area contributed by atoms with Gasteiger partial charge in [-0.2, -0.15) is 0 Å². The Hall–Kier alpha value is -1.16. The van der Waals surface area contributed by atoms with Crippen LogP contribution in [0.1, 0.15) is 49.7 Å². The minimum absolute atomic E-state index is 0.305. The van der Waals surface area contributed by atoms with Gasteiger partial charge >= 0.3 is 0 Å². The summed E-state index contributed by atoms with van der Waals surface area (Å²) in [5, 5.41) is 3.19. The lowest BCUT2D eigenvalue weighted by atomic mass is 10.0. The van der Waals surface area contributed by atoms with Crippen LogP contribution in [0.4, 0.5) is 5.82 Å². The maximum absolute atomic E-state index is 5.65. The summed E-state index contributed by atoms with van der Waals surface area (Å²) in [6.07, 6.45) is 3.42. The molecule has 0 spiro atoms. The molecule has 100 valence electrons. The van der Waals surface area contributed by atoms with Gasteiger partial charge in [0.25, 0.3) is 0 Å². The zero-order valence-electron chi connectivity index (χ0n) is 11.8. The van der Waals surface area contributed by atoms with Crippen molar-refractivity contribution in [2.24, 2.45) is 0 Å². The number of aromatic nitrogens is 2. The van der Waals surface area contributed by atoms with Crippen LogP contribution < -0.4 is 5.32 Å². The van der Waals surface area contributed by atoms with Crippen molar-refractivity contribution in [3.05, 3.63) is 17.1 Å². The normalized spacial score (nSPS) is 19.5. The Kier molecular flexibility index (Phi) is 4.17. The van der Waals surface area contributed by atoms with Gasteiger partial charge in [-0.25, -0.2) is 9.97 Å². The Labute approximate surface area is 109 Å². The molecule has 1 saturated heterocycles. The van der Waals surface area contributed by atoms with Crippen LogP contribution in [0.3, 0.4) is 0 Å². The number of aryl methyl sites for hydroxylation is 1. The summed E-state index contributed by atoms with van der Waals surface area (Å²) in [6.45, 7) is 7.29. The van der Waals surface area contributed by atoms with Crippen LogP contribution in [0, 0.1) is 6.92 Å². The molecule has 1 unspecified atom stereocenters. The molecule has 2 rings (SSSR count). The summed E-state index contributed by atoms with van der Waals surface area (Å²) >= 11 is 0. The fraction of sp³-hybridized carbons (Fsp3) is 0.714. The van der Waals surface area contributed by atoms with Crippen molar-refractivity contribution in [1.29, 1.82) is 0 Å². The lowest BCUT2D eigenvalue weighted by molar-refractivity contribution is 0.110. The first-order valence-corrected chi connectivity index (χ1v) is 6.78. The van der Waals surface area contributed by atoms with Crippen LogP contribution in [-0.4, -0.2) is 29.7 Å². The van der Waals surface area contributed by atoms with Gasteiger partial charge in [0, 0.05) is 31.3 Å². The van der Waals surface area contributed by atoms with Gasteiger partial charge in [-0.15, -0.1) is 0 Å². The Morgan fingerprint density at radius 2 is 2.17 bits per heavy atom. The average Bonchev–Trinajstić information content (AvgIpc) is 2.80. The molecule has 4 nitrogen and oxygen atoms in total. The van der Waals surface area contributed by atoms with Crippen LogP contribution in [0.15, 0.2) is 0 Å². The van der Waals surface area contributed by atoms with Gasteiger partial charge < -0.3 is 10.1 Å². The summed E-state index contributed by atoms with van der Waals surface area (Å²) in [4.78, 5) is 9.27. The van der Waals surface area contributed by atoms with E-state index < -0.39 is 0 Å². The van der Waals surface area contributed by atoms with Gasteiger partial charge in [-0.3, -0.25) is 0 Å². The van der Waals surface area contributed by atoms with E-state index in [4.69, 9.17) is 4.74 Å². The highest BCUT2D eigenvalue weighted by Crippen LogP contribution is 2.25. The van der Waals surface area contributed by atoms with Crippen molar-refractivity contribution in [3.8, 4) is 0 Å². The first-order chi connectivity index (χ1) is 8.61. The van der Waals surface area contributed by atoms with Crippen molar-refractivity contribution >= 4 is 5.82 Å². The molecule has 0 amide bonds. The molecule has 1 aromatic heterocycles. The zero-order valence-corrected chi connectivity index (χ0v) is 11.8. The molecule has 18 heavy (non-hydrogen) atoms. The fourth-order valence-corrected chi connectivity index (χ4v) is 2.62. The second-order valence-electron chi connectivity index (χ2n) is 5.23. The number of hydrogen-bond acceptors (Lipinski definition) is 4. The predicted molar refractivity (Wildman–Crippen MR) is 73.1 cm³/mol.